The first kappa shape index (κ1) is 19.7. The fraction of sp³-hybridized carbons (Fsp3) is 0.235. The second kappa shape index (κ2) is 8.19. The Hall–Kier alpha value is -1.60. The van der Waals surface area contributed by atoms with Gasteiger partial charge in [-0.1, -0.05) is 42.3 Å². The van der Waals surface area contributed by atoms with Gasteiger partial charge < -0.3 is 5.32 Å². The van der Waals surface area contributed by atoms with Crippen LogP contribution in [0.4, 0.5) is 5.69 Å². The molecular formula is C17H18Cl2N2O3S. The van der Waals surface area contributed by atoms with Crippen LogP contribution in [0.15, 0.2) is 47.4 Å². The van der Waals surface area contributed by atoms with Crippen LogP contribution in [-0.4, -0.2) is 14.3 Å². The van der Waals surface area contributed by atoms with Crippen LogP contribution < -0.4 is 10.0 Å². The summed E-state index contributed by atoms with van der Waals surface area (Å²) in [4.78, 5) is 11.4. The molecule has 2 N–H and O–H groups in total. The van der Waals surface area contributed by atoms with Crippen molar-refractivity contribution in [2.24, 2.45) is 0 Å². The van der Waals surface area contributed by atoms with E-state index in [4.69, 9.17) is 23.2 Å². The fourth-order valence-electron chi connectivity index (χ4n) is 2.12. The molecule has 0 saturated carbocycles. The predicted octanol–water partition coefficient (Wildman–Crippen LogP) is 4.38. The zero-order chi connectivity index (χ0) is 18.6. The lowest BCUT2D eigenvalue weighted by molar-refractivity contribution is -0.115. The normalized spacial score (nSPS) is 12.6. The summed E-state index contributed by atoms with van der Waals surface area (Å²) < 4.78 is 27.5. The molecule has 0 aromatic heterocycles. The van der Waals surface area contributed by atoms with Gasteiger partial charge in [0.25, 0.3) is 0 Å². The molecule has 0 radical (unpaired) electrons. The number of sulfonamides is 1. The molecule has 0 bridgehead atoms. The summed E-state index contributed by atoms with van der Waals surface area (Å²) in [5.74, 6) is -0.0823. The van der Waals surface area contributed by atoms with E-state index < -0.39 is 16.1 Å². The van der Waals surface area contributed by atoms with E-state index in [0.29, 0.717) is 17.1 Å². The molecule has 1 amide bonds. The standard InChI is InChI=1S/C17H18Cl2N2O3S/c1-3-17(22)20-13-6-4-12(5-7-13)11(2)21-25(23,24)14-8-9-15(18)16(19)10-14/h4-11,21H,3H2,1-2H3,(H,20,22). The average Bonchev–Trinajstić information content (AvgIpc) is 2.57. The number of rotatable bonds is 6. The Morgan fingerprint density at radius 2 is 1.72 bits per heavy atom. The highest BCUT2D eigenvalue weighted by Gasteiger charge is 2.19. The van der Waals surface area contributed by atoms with E-state index in [0.717, 1.165) is 5.56 Å². The average molecular weight is 401 g/mol. The highest BCUT2D eigenvalue weighted by molar-refractivity contribution is 7.89. The minimum atomic E-state index is -3.74. The first-order valence-electron chi connectivity index (χ1n) is 7.60. The van der Waals surface area contributed by atoms with E-state index >= 15 is 0 Å². The zero-order valence-corrected chi connectivity index (χ0v) is 16.0. The van der Waals surface area contributed by atoms with E-state index in [1.54, 1.807) is 38.1 Å². The Bertz CT molecular complexity index is 868. The van der Waals surface area contributed by atoms with Gasteiger partial charge in [-0.05, 0) is 42.8 Å². The van der Waals surface area contributed by atoms with Gasteiger partial charge in [0.2, 0.25) is 15.9 Å². The first-order chi connectivity index (χ1) is 11.7. The van der Waals surface area contributed by atoms with Crippen molar-refractivity contribution in [3.8, 4) is 0 Å². The summed E-state index contributed by atoms with van der Waals surface area (Å²) in [5, 5.41) is 3.20. The first-order valence-corrected chi connectivity index (χ1v) is 9.84. The lowest BCUT2D eigenvalue weighted by Gasteiger charge is -2.15. The molecule has 0 spiro atoms. The van der Waals surface area contributed by atoms with E-state index in [-0.39, 0.29) is 15.8 Å². The number of anilines is 1. The number of benzene rings is 2. The molecule has 5 nitrogen and oxygen atoms in total. The van der Waals surface area contributed by atoms with Crippen molar-refractivity contribution < 1.29 is 13.2 Å². The summed E-state index contributed by atoms with van der Waals surface area (Å²) >= 11 is 11.7. The molecule has 0 aliphatic carbocycles. The van der Waals surface area contributed by atoms with Crippen LogP contribution in [-0.2, 0) is 14.8 Å². The van der Waals surface area contributed by atoms with Crippen molar-refractivity contribution in [2.45, 2.75) is 31.2 Å². The lowest BCUT2D eigenvalue weighted by Crippen LogP contribution is -2.26. The van der Waals surface area contributed by atoms with Crippen molar-refractivity contribution >= 4 is 44.8 Å². The van der Waals surface area contributed by atoms with Crippen LogP contribution >= 0.6 is 23.2 Å². The number of hydrogen-bond donors (Lipinski definition) is 2. The smallest absolute Gasteiger partial charge is 0.241 e. The summed E-state index contributed by atoms with van der Waals surface area (Å²) in [7, 11) is -3.74. The number of halogens is 2. The van der Waals surface area contributed by atoms with Crippen molar-refractivity contribution in [3.05, 3.63) is 58.1 Å². The Kier molecular flexibility index (Phi) is 6.46. The van der Waals surface area contributed by atoms with Gasteiger partial charge in [0.15, 0.2) is 0 Å². The molecule has 0 saturated heterocycles. The monoisotopic (exact) mass is 400 g/mol. The zero-order valence-electron chi connectivity index (χ0n) is 13.7. The van der Waals surface area contributed by atoms with Gasteiger partial charge in [-0.3, -0.25) is 4.79 Å². The second-order valence-corrected chi connectivity index (χ2v) is 7.97. The number of nitrogens with one attached hydrogen (secondary N) is 2. The third kappa shape index (κ3) is 5.19. The van der Waals surface area contributed by atoms with Crippen molar-refractivity contribution in [3.63, 3.8) is 0 Å². The van der Waals surface area contributed by atoms with Gasteiger partial charge in [0, 0.05) is 18.2 Å². The fourth-order valence-corrected chi connectivity index (χ4v) is 3.74. The minimum absolute atomic E-state index is 0.0422. The number of carbonyl (C=O) groups is 1. The third-order valence-corrected chi connectivity index (χ3v) is 5.83. The van der Waals surface area contributed by atoms with Gasteiger partial charge in [-0.15, -0.1) is 0 Å². The number of carbonyl (C=O) groups excluding carboxylic acids is 1. The quantitative estimate of drug-likeness (QED) is 0.754. The highest BCUT2D eigenvalue weighted by atomic mass is 35.5. The molecule has 2 rings (SSSR count). The molecule has 8 heteroatoms. The molecule has 1 atom stereocenters. The molecule has 25 heavy (non-hydrogen) atoms. The van der Waals surface area contributed by atoms with Gasteiger partial charge in [0.05, 0.1) is 14.9 Å². The summed E-state index contributed by atoms with van der Waals surface area (Å²) in [6.45, 7) is 3.50. The Labute approximate surface area is 157 Å². The maximum atomic E-state index is 12.5. The van der Waals surface area contributed by atoms with E-state index in [1.165, 1.54) is 18.2 Å². The SMILES string of the molecule is CCC(=O)Nc1ccc(C(C)NS(=O)(=O)c2ccc(Cl)c(Cl)c2)cc1. The van der Waals surface area contributed by atoms with Crippen molar-refractivity contribution in [1.29, 1.82) is 0 Å². The summed E-state index contributed by atoms with van der Waals surface area (Å²) in [5.41, 5.74) is 1.42. The molecule has 2 aromatic carbocycles. The van der Waals surface area contributed by atoms with Crippen molar-refractivity contribution in [1.82, 2.24) is 4.72 Å². The molecule has 0 aliphatic heterocycles. The van der Waals surface area contributed by atoms with Crippen molar-refractivity contribution in [2.75, 3.05) is 5.32 Å². The lowest BCUT2D eigenvalue weighted by atomic mass is 10.1. The number of hydrogen-bond acceptors (Lipinski definition) is 3. The third-order valence-electron chi connectivity index (χ3n) is 3.55. The Morgan fingerprint density at radius 1 is 1.08 bits per heavy atom. The van der Waals surface area contributed by atoms with Gasteiger partial charge in [-0.2, -0.15) is 0 Å². The molecule has 0 aliphatic rings. The van der Waals surface area contributed by atoms with Crippen LogP contribution in [0.25, 0.3) is 0 Å². The van der Waals surface area contributed by atoms with E-state index in [9.17, 15) is 13.2 Å². The summed E-state index contributed by atoms with van der Waals surface area (Å²) in [6.07, 6.45) is 0.390. The maximum absolute atomic E-state index is 12.5. The van der Waals surface area contributed by atoms with Crippen LogP contribution in [0, 0.1) is 0 Å². The molecule has 0 fully saturated rings. The van der Waals surface area contributed by atoms with E-state index in [2.05, 4.69) is 10.0 Å². The highest BCUT2D eigenvalue weighted by Crippen LogP contribution is 2.26. The van der Waals surface area contributed by atoms with Gasteiger partial charge in [-0.25, -0.2) is 13.1 Å². The van der Waals surface area contributed by atoms with Gasteiger partial charge in [0.1, 0.15) is 0 Å². The topological polar surface area (TPSA) is 75.3 Å². The Morgan fingerprint density at radius 3 is 2.28 bits per heavy atom. The minimum Gasteiger partial charge on any atom is -0.326 e. The van der Waals surface area contributed by atoms with Gasteiger partial charge >= 0.3 is 0 Å². The molecule has 1 unspecified atom stereocenters. The van der Waals surface area contributed by atoms with Crippen LogP contribution in [0.3, 0.4) is 0 Å². The van der Waals surface area contributed by atoms with Crippen LogP contribution in [0.5, 0.6) is 0 Å². The molecule has 134 valence electrons. The van der Waals surface area contributed by atoms with Crippen LogP contribution in [0.2, 0.25) is 10.0 Å². The second-order valence-electron chi connectivity index (χ2n) is 5.44. The molecule has 2 aromatic rings. The number of amides is 1. The molecule has 0 heterocycles. The maximum Gasteiger partial charge on any atom is 0.241 e. The van der Waals surface area contributed by atoms with Crippen LogP contribution in [0.1, 0.15) is 31.9 Å². The summed E-state index contributed by atoms with van der Waals surface area (Å²) in [6, 6.07) is 10.7. The predicted molar refractivity (Wildman–Crippen MR) is 101 cm³/mol. The molecular weight excluding hydrogens is 383 g/mol. The Balaban J connectivity index is 2.13. The van der Waals surface area contributed by atoms with E-state index in [1.807, 2.05) is 0 Å². The largest absolute Gasteiger partial charge is 0.326 e.